The van der Waals surface area contributed by atoms with Crippen molar-refractivity contribution in [2.24, 2.45) is 0 Å². The highest BCUT2D eigenvalue weighted by molar-refractivity contribution is 7.15. The van der Waals surface area contributed by atoms with Crippen LogP contribution in [0.4, 0.5) is 5.69 Å². The average Bonchev–Trinajstić information content (AvgIpc) is 3.22. The molecule has 0 saturated heterocycles. The van der Waals surface area contributed by atoms with Gasteiger partial charge in [0, 0.05) is 17.4 Å². The second-order valence-corrected chi connectivity index (χ2v) is 8.93. The molecule has 0 radical (unpaired) electrons. The van der Waals surface area contributed by atoms with E-state index >= 15 is 0 Å². The fourth-order valence-corrected chi connectivity index (χ4v) is 4.30. The van der Waals surface area contributed by atoms with Gasteiger partial charge in [0.1, 0.15) is 16.4 Å². The summed E-state index contributed by atoms with van der Waals surface area (Å²) in [5.41, 5.74) is 8.29. The molecule has 4 rings (SSSR count). The third-order valence-corrected chi connectivity index (χ3v) is 6.38. The lowest BCUT2D eigenvalue weighted by molar-refractivity contribution is 0.0783. The molecule has 31 heavy (non-hydrogen) atoms. The number of nitrogens with two attached hydrogens (primary N) is 1. The second-order valence-electron chi connectivity index (χ2n) is 7.90. The van der Waals surface area contributed by atoms with Crippen LogP contribution in [0.1, 0.15) is 35.8 Å². The van der Waals surface area contributed by atoms with Crippen LogP contribution in [0, 0.1) is 18.3 Å². The number of benzene rings is 2. The topological polar surface area (TPSA) is 118 Å². The van der Waals surface area contributed by atoms with Crippen LogP contribution in [0.3, 0.4) is 0 Å². The molecule has 0 aliphatic heterocycles. The van der Waals surface area contributed by atoms with Crippen molar-refractivity contribution in [1.29, 1.82) is 5.26 Å². The summed E-state index contributed by atoms with van der Waals surface area (Å²) < 4.78 is 1.60. The van der Waals surface area contributed by atoms with E-state index in [1.807, 2.05) is 12.1 Å². The number of aryl methyl sites for hydroxylation is 1. The van der Waals surface area contributed by atoms with Crippen LogP contribution in [0.25, 0.3) is 21.3 Å². The molecule has 4 aromatic rings. The van der Waals surface area contributed by atoms with Gasteiger partial charge in [-0.15, -0.1) is 11.3 Å². The quantitative estimate of drug-likeness (QED) is 0.477. The number of nitrogen functional groups attached to an aromatic ring is 1. The number of aromatic nitrogens is 3. The Hall–Kier alpha value is -3.54. The summed E-state index contributed by atoms with van der Waals surface area (Å²) in [6.07, 6.45) is 1.68. The first-order valence-electron chi connectivity index (χ1n) is 9.66. The minimum absolute atomic E-state index is 0.174. The fraction of sp³-hybridized carbons (Fsp3) is 0.217. The normalized spacial score (nSPS) is 11.6. The summed E-state index contributed by atoms with van der Waals surface area (Å²) >= 11 is 1.36. The summed E-state index contributed by atoms with van der Waals surface area (Å²) in [5, 5.41) is 20.2. The monoisotopic (exact) mass is 431 g/mol. The molecular weight excluding hydrogens is 410 g/mol. The van der Waals surface area contributed by atoms with Crippen molar-refractivity contribution < 1.29 is 5.11 Å². The van der Waals surface area contributed by atoms with Crippen molar-refractivity contribution in [3.05, 3.63) is 74.9 Å². The van der Waals surface area contributed by atoms with Gasteiger partial charge in [0.15, 0.2) is 0 Å². The molecule has 0 saturated carbocycles. The van der Waals surface area contributed by atoms with Crippen molar-refractivity contribution in [1.82, 2.24) is 14.5 Å². The maximum Gasteiger partial charge on any atom is 0.261 e. The lowest BCUT2D eigenvalue weighted by Gasteiger charge is -2.13. The van der Waals surface area contributed by atoms with Crippen molar-refractivity contribution in [3.63, 3.8) is 0 Å². The lowest BCUT2D eigenvalue weighted by atomic mass is 10.1. The van der Waals surface area contributed by atoms with E-state index in [9.17, 15) is 9.90 Å². The van der Waals surface area contributed by atoms with E-state index in [-0.39, 0.29) is 5.56 Å². The number of thiazole rings is 1. The summed E-state index contributed by atoms with van der Waals surface area (Å²) in [6, 6.07) is 12.7. The summed E-state index contributed by atoms with van der Waals surface area (Å²) in [7, 11) is 0. The van der Waals surface area contributed by atoms with Crippen LogP contribution in [-0.4, -0.2) is 19.6 Å². The average molecular weight is 432 g/mol. The van der Waals surface area contributed by atoms with Crippen molar-refractivity contribution in [2.45, 2.75) is 32.9 Å². The zero-order chi connectivity index (χ0) is 22.3. The largest absolute Gasteiger partial charge is 0.398 e. The molecule has 0 atom stereocenters. The van der Waals surface area contributed by atoms with Crippen molar-refractivity contribution in [3.8, 4) is 16.5 Å². The van der Waals surface area contributed by atoms with Crippen LogP contribution in [0.5, 0.6) is 0 Å². The van der Waals surface area contributed by atoms with Crippen LogP contribution >= 0.6 is 11.3 Å². The number of nitriles is 1. The number of hydrogen-bond donors (Lipinski definition) is 2. The molecule has 3 N–H and O–H groups in total. The third-order valence-electron chi connectivity index (χ3n) is 5.03. The Morgan fingerprint density at radius 1 is 1.26 bits per heavy atom. The second kappa shape index (κ2) is 7.61. The molecule has 0 aliphatic carbocycles. The molecule has 2 aromatic carbocycles. The van der Waals surface area contributed by atoms with Crippen LogP contribution in [0.15, 0.2) is 47.4 Å². The Labute approximate surface area is 183 Å². The number of fused-ring (bicyclic) bond motifs is 1. The highest BCUT2D eigenvalue weighted by Crippen LogP contribution is 2.36. The molecular formula is C23H21N5O2S. The molecule has 0 unspecified atom stereocenters. The van der Waals surface area contributed by atoms with Gasteiger partial charge in [-0.1, -0.05) is 12.1 Å². The van der Waals surface area contributed by atoms with E-state index in [0.717, 1.165) is 16.0 Å². The zero-order valence-corrected chi connectivity index (χ0v) is 18.2. The number of nitrogens with zero attached hydrogens (tertiary/aromatic N) is 4. The molecule has 0 bridgehead atoms. The predicted octanol–water partition coefficient (Wildman–Crippen LogP) is 3.56. The Kier molecular flexibility index (Phi) is 5.09. The minimum Gasteiger partial charge on any atom is -0.398 e. The number of aliphatic hydroxyl groups is 1. The molecule has 0 amide bonds. The van der Waals surface area contributed by atoms with E-state index in [1.54, 1.807) is 55.8 Å². The van der Waals surface area contributed by atoms with E-state index in [0.29, 0.717) is 39.5 Å². The molecule has 8 heteroatoms. The smallest absolute Gasteiger partial charge is 0.261 e. The summed E-state index contributed by atoms with van der Waals surface area (Å²) in [5.74, 6) is 0.582. The molecule has 7 nitrogen and oxygen atoms in total. The number of hydrogen-bond acceptors (Lipinski definition) is 7. The third kappa shape index (κ3) is 3.93. The summed E-state index contributed by atoms with van der Waals surface area (Å²) in [6.45, 7) is 5.51. The lowest BCUT2D eigenvalue weighted by Crippen LogP contribution is -2.24. The van der Waals surface area contributed by atoms with Gasteiger partial charge in [0.2, 0.25) is 0 Å². The first-order valence-corrected chi connectivity index (χ1v) is 10.5. The van der Waals surface area contributed by atoms with E-state index in [4.69, 9.17) is 11.0 Å². The number of rotatable bonds is 4. The predicted molar refractivity (Wildman–Crippen MR) is 122 cm³/mol. The molecule has 0 spiro atoms. The van der Waals surface area contributed by atoms with E-state index in [2.05, 4.69) is 16.0 Å². The summed E-state index contributed by atoms with van der Waals surface area (Å²) in [4.78, 5) is 22.9. The van der Waals surface area contributed by atoms with Crippen molar-refractivity contribution >= 4 is 27.9 Å². The van der Waals surface area contributed by atoms with Gasteiger partial charge in [-0.25, -0.2) is 9.97 Å². The Morgan fingerprint density at radius 2 is 1.97 bits per heavy atom. The van der Waals surface area contributed by atoms with Gasteiger partial charge < -0.3 is 10.8 Å². The standard InChI is InChI=1S/C23H21N5O2S/c1-13-27-19-9-16(20-11-26-22(31-20)23(2,3)30)18(25)8-17(19)21(29)28(13)12-15-6-4-14(10-24)5-7-15/h4-9,11,30H,12,25H2,1-3H3. The molecule has 2 heterocycles. The SMILES string of the molecule is Cc1nc2cc(-c3cnc(C(C)(C)O)s3)c(N)cc2c(=O)n1Cc1ccc(C#N)cc1. The Bertz CT molecular complexity index is 1390. The first-order chi connectivity index (χ1) is 14.7. The maximum atomic E-state index is 13.2. The molecule has 2 aromatic heterocycles. The van der Waals surface area contributed by atoms with Crippen LogP contribution < -0.4 is 11.3 Å². The molecule has 0 aliphatic rings. The molecule has 156 valence electrons. The number of anilines is 1. The zero-order valence-electron chi connectivity index (χ0n) is 17.4. The van der Waals surface area contributed by atoms with Gasteiger partial charge in [-0.2, -0.15) is 5.26 Å². The van der Waals surface area contributed by atoms with Gasteiger partial charge >= 0.3 is 0 Å². The molecule has 0 fully saturated rings. The first kappa shape index (κ1) is 20.7. The van der Waals surface area contributed by atoms with Crippen LogP contribution in [0.2, 0.25) is 0 Å². The minimum atomic E-state index is -1.04. The highest BCUT2D eigenvalue weighted by Gasteiger charge is 2.22. The van der Waals surface area contributed by atoms with Crippen molar-refractivity contribution in [2.75, 3.05) is 5.73 Å². The Morgan fingerprint density at radius 3 is 2.58 bits per heavy atom. The highest BCUT2D eigenvalue weighted by atomic mass is 32.1. The van der Waals surface area contributed by atoms with E-state index in [1.165, 1.54) is 11.3 Å². The van der Waals surface area contributed by atoms with Gasteiger partial charge in [-0.3, -0.25) is 9.36 Å². The van der Waals surface area contributed by atoms with Gasteiger partial charge in [0.05, 0.1) is 34.0 Å². The van der Waals surface area contributed by atoms with Gasteiger partial charge in [0.25, 0.3) is 5.56 Å². The maximum absolute atomic E-state index is 13.2. The van der Waals surface area contributed by atoms with E-state index < -0.39 is 5.60 Å². The van der Waals surface area contributed by atoms with Crippen LogP contribution in [-0.2, 0) is 12.1 Å². The van der Waals surface area contributed by atoms with Gasteiger partial charge in [-0.05, 0) is 50.6 Å². The Balaban J connectivity index is 1.78. The fourth-order valence-electron chi connectivity index (χ4n) is 3.34.